The van der Waals surface area contributed by atoms with E-state index >= 15 is 0 Å². The number of alkyl halides is 3. The van der Waals surface area contributed by atoms with E-state index in [1.165, 1.54) is 0 Å². The van der Waals surface area contributed by atoms with Crippen molar-refractivity contribution in [3.63, 3.8) is 0 Å². The van der Waals surface area contributed by atoms with Gasteiger partial charge in [0.15, 0.2) is 0 Å². The number of carbonyl (C=O) groups excluding carboxylic acids is 2. The number of likely N-dealkylation sites (tertiary alicyclic amines) is 2. The highest BCUT2D eigenvalue weighted by Gasteiger charge is 2.58. The molecule has 1 aliphatic carbocycles. The summed E-state index contributed by atoms with van der Waals surface area (Å²) in [7, 11) is 0. The van der Waals surface area contributed by atoms with Crippen LogP contribution in [0.5, 0.6) is 5.75 Å². The average molecular weight is 558 g/mol. The Labute approximate surface area is 233 Å². The number of primary amides is 1. The van der Waals surface area contributed by atoms with E-state index in [-0.39, 0.29) is 37.1 Å². The Hall–Kier alpha value is -3.07. The summed E-state index contributed by atoms with van der Waals surface area (Å²) in [5, 5.41) is 0. The van der Waals surface area contributed by atoms with Crippen LogP contribution in [-0.4, -0.2) is 67.1 Å². The van der Waals surface area contributed by atoms with Crippen molar-refractivity contribution < 1.29 is 27.5 Å². The second kappa shape index (κ2) is 11.8. The van der Waals surface area contributed by atoms with E-state index in [0.717, 1.165) is 29.7 Å². The standard InChI is InChI=1S/C31H38F3N3O3/c32-31(33,34)30(14-3-15-30)21-36-16-10-22(11-17-36)20-40-25-8-6-23(7-9-25)26-4-1-2-5-27(26)29(39)37-18-12-24(13-19-37)28(35)38/h1-2,4-9,22,24H,3,10-21H2,(H2,35,38). The number of halogens is 3. The maximum absolute atomic E-state index is 13.5. The molecule has 2 amide bonds. The van der Waals surface area contributed by atoms with Crippen molar-refractivity contribution in [1.29, 1.82) is 0 Å². The van der Waals surface area contributed by atoms with Gasteiger partial charge < -0.3 is 20.3 Å². The fourth-order valence-corrected chi connectivity index (χ4v) is 6.28. The lowest BCUT2D eigenvalue weighted by atomic mass is 9.67. The normalized spacial score (nSPS) is 20.6. The first-order valence-electron chi connectivity index (χ1n) is 14.4. The van der Waals surface area contributed by atoms with Crippen molar-refractivity contribution in [3.05, 3.63) is 54.1 Å². The molecule has 2 N–H and O–H groups in total. The molecule has 40 heavy (non-hydrogen) atoms. The molecule has 5 rings (SSSR count). The van der Waals surface area contributed by atoms with Gasteiger partial charge in [0.25, 0.3) is 5.91 Å². The average Bonchev–Trinajstić information content (AvgIpc) is 2.94. The van der Waals surface area contributed by atoms with Gasteiger partial charge in [-0.2, -0.15) is 13.2 Å². The van der Waals surface area contributed by atoms with Crippen molar-refractivity contribution >= 4 is 11.8 Å². The molecule has 0 atom stereocenters. The lowest BCUT2D eigenvalue weighted by Gasteiger charge is -2.47. The Bertz CT molecular complexity index is 1180. The summed E-state index contributed by atoms with van der Waals surface area (Å²) in [5.41, 5.74) is 6.30. The highest BCUT2D eigenvalue weighted by Crippen LogP contribution is 2.53. The van der Waals surface area contributed by atoms with Crippen LogP contribution >= 0.6 is 0 Å². The van der Waals surface area contributed by atoms with Crippen LogP contribution in [-0.2, 0) is 4.79 Å². The molecule has 2 aliphatic heterocycles. The van der Waals surface area contributed by atoms with Gasteiger partial charge in [-0.25, -0.2) is 0 Å². The minimum atomic E-state index is -4.12. The smallest absolute Gasteiger partial charge is 0.395 e. The minimum Gasteiger partial charge on any atom is -0.493 e. The fraction of sp³-hybridized carbons (Fsp3) is 0.548. The fourth-order valence-electron chi connectivity index (χ4n) is 6.28. The van der Waals surface area contributed by atoms with E-state index in [2.05, 4.69) is 0 Å². The summed E-state index contributed by atoms with van der Waals surface area (Å²) in [4.78, 5) is 28.6. The van der Waals surface area contributed by atoms with E-state index in [1.54, 1.807) is 4.90 Å². The number of hydrogen-bond acceptors (Lipinski definition) is 4. The number of rotatable bonds is 8. The maximum Gasteiger partial charge on any atom is 0.395 e. The summed E-state index contributed by atoms with van der Waals surface area (Å²) in [5.74, 6) is 0.519. The molecule has 0 aromatic heterocycles. The van der Waals surface area contributed by atoms with Gasteiger partial charge in [-0.3, -0.25) is 9.59 Å². The number of carbonyl (C=O) groups is 2. The third-order valence-electron chi connectivity index (χ3n) is 9.14. The van der Waals surface area contributed by atoms with Crippen LogP contribution in [0.4, 0.5) is 13.2 Å². The number of ether oxygens (including phenoxy) is 1. The second-order valence-corrected chi connectivity index (χ2v) is 11.7. The van der Waals surface area contributed by atoms with Crippen LogP contribution in [0, 0.1) is 17.3 Å². The molecule has 3 aliphatic rings. The third kappa shape index (κ3) is 6.14. The van der Waals surface area contributed by atoms with Gasteiger partial charge in [0.2, 0.25) is 5.91 Å². The van der Waals surface area contributed by atoms with Gasteiger partial charge >= 0.3 is 6.18 Å². The van der Waals surface area contributed by atoms with Crippen molar-refractivity contribution in [1.82, 2.24) is 9.80 Å². The highest BCUT2D eigenvalue weighted by molar-refractivity contribution is 6.01. The topological polar surface area (TPSA) is 75.9 Å². The summed E-state index contributed by atoms with van der Waals surface area (Å²) in [6.07, 6.45) is -0.106. The maximum atomic E-state index is 13.5. The SMILES string of the molecule is NC(=O)C1CCN(C(=O)c2ccccc2-c2ccc(OCC3CCN(CC4(C(F)(F)F)CCC4)CC3)cc2)CC1. The van der Waals surface area contributed by atoms with Crippen molar-refractivity contribution in [2.75, 3.05) is 39.3 Å². The molecule has 6 nitrogen and oxygen atoms in total. The zero-order valence-corrected chi connectivity index (χ0v) is 22.8. The second-order valence-electron chi connectivity index (χ2n) is 11.7. The zero-order chi connectivity index (χ0) is 28.3. The zero-order valence-electron chi connectivity index (χ0n) is 22.8. The van der Waals surface area contributed by atoms with Crippen LogP contribution in [0.15, 0.2) is 48.5 Å². The number of benzene rings is 2. The molecule has 0 bridgehead atoms. The molecule has 2 heterocycles. The number of amides is 2. The van der Waals surface area contributed by atoms with Crippen LogP contribution < -0.4 is 10.5 Å². The van der Waals surface area contributed by atoms with Gasteiger partial charge in [0.05, 0.1) is 12.0 Å². The van der Waals surface area contributed by atoms with E-state index in [9.17, 15) is 22.8 Å². The minimum absolute atomic E-state index is 0.0522. The number of nitrogens with zero attached hydrogens (tertiary/aromatic N) is 2. The van der Waals surface area contributed by atoms with E-state index in [1.807, 2.05) is 53.4 Å². The number of nitrogens with two attached hydrogens (primary N) is 1. The molecule has 2 saturated heterocycles. The summed E-state index contributed by atoms with van der Waals surface area (Å²) < 4.78 is 46.7. The first kappa shape index (κ1) is 28.5. The molecule has 3 fully saturated rings. The Morgan fingerprint density at radius 1 is 0.925 bits per heavy atom. The van der Waals surface area contributed by atoms with E-state index in [4.69, 9.17) is 10.5 Å². The monoisotopic (exact) mass is 557 g/mol. The third-order valence-corrected chi connectivity index (χ3v) is 9.14. The molecular weight excluding hydrogens is 519 g/mol. The highest BCUT2D eigenvalue weighted by atomic mass is 19.4. The number of piperidine rings is 2. The molecule has 2 aromatic carbocycles. The summed E-state index contributed by atoms with van der Waals surface area (Å²) in [6, 6.07) is 15.2. The molecule has 9 heteroatoms. The van der Waals surface area contributed by atoms with Gasteiger partial charge in [-0.1, -0.05) is 36.8 Å². The predicted molar refractivity (Wildman–Crippen MR) is 147 cm³/mol. The Balaban J connectivity index is 1.13. The molecule has 216 valence electrons. The van der Waals surface area contributed by atoms with Crippen LogP contribution in [0.3, 0.4) is 0 Å². The lowest BCUT2D eigenvalue weighted by Crippen LogP contribution is -2.53. The van der Waals surface area contributed by atoms with Gasteiger partial charge in [0.1, 0.15) is 5.75 Å². The Morgan fingerprint density at radius 3 is 2.15 bits per heavy atom. The van der Waals surface area contributed by atoms with Gasteiger partial charge in [0, 0.05) is 31.1 Å². The van der Waals surface area contributed by atoms with Crippen molar-refractivity contribution in [3.8, 4) is 16.9 Å². The van der Waals surface area contributed by atoms with Gasteiger partial charge in [-0.15, -0.1) is 0 Å². The van der Waals surface area contributed by atoms with Crippen molar-refractivity contribution in [2.24, 2.45) is 23.0 Å². The quantitative estimate of drug-likeness (QED) is 0.464. The van der Waals surface area contributed by atoms with Crippen LogP contribution in [0.2, 0.25) is 0 Å². The number of hydrogen-bond donors (Lipinski definition) is 1. The molecule has 1 saturated carbocycles. The molecular formula is C31H38F3N3O3. The van der Waals surface area contributed by atoms with E-state index in [0.29, 0.717) is 63.5 Å². The molecule has 0 radical (unpaired) electrons. The molecule has 0 unspecified atom stereocenters. The Morgan fingerprint density at radius 2 is 1.57 bits per heavy atom. The summed E-state index contributed by atoms with van der Waals surface area (Å²) >= 11 is 0. The first-order valence-corrected chi connectivity index (χ1v) is 14.4. The largest absolute Gasteiger partial charge is 0.493 e. The molecule has 2 aromatic rings. The lowest BCUT2D eigenvalue weighted by molar-refractivity contribution is -0.256. The van der Waals surface area contributed by atoms with Crippen LogP contribution in [0.25, 0.3) is 11.1 Å². The summed E-state index contributed by atoms with van der Waals surface area (Å²) in [6.45, 7) is 3.03. The van der Waals surface area contributed by atoms with Crippen molar-refractivity contribution in [2.45, 2.75) is 51.1 Å². The predicted octanol–water partition coefficient (Wildman–Crippen LogP) is 5.51. The Kier molecular flexibility index (Phi) is 8.40. The first-order chi connectivity index (χ1) is 19.1. The van der Waals surface area contributed by atoms with Crippen LogP contribution in [0.1, 0.15) is 55.3 Å². The van der Waals surface area contributed by atoms with E-state index < -0.39 is 11.6 Å². The van der Waals surface area contributed by atoms with Gasteiger partial charge in [-0.05, 0) is 86.9 Å². The molecule has 0 spiro atoms.